The van der Waals surface area contributed by atoms with Gasteiger partial charge in [-0.2, -0.15) is 0 Å². The van der Waals surface area contributed by atoms with Gasteiger partial charge in [0, 0.05) is 24.1 Å². The molecule has 3 rings (SSSR count). The lowest BCUT2D eigenvalue weighted by Gasteiger charge is -2.33. The fraction of sp³-hybridized carbons (Fsp3) is 0.455. The van der Waals surface area contributed by atoms with Crippen molar-refractivity contribution in [3.63, 3.8) is 0 Å². The molecule has 0 spiro atoms. The van der Waals surface area contributed by atoms with E-state index in [1.165, 1.54) is 0 Å². The summed E-state index contributed by atoms with van der Waals surface area (Å²) in [5.41, 5.74) is 3.20. The highest BCUT2D eigenvalue weighted by Gasteiger charge is 2.31. The van der Waals surface area contributed by atoms with Gasteiger partial charge in [-0.25, -0.2) is 13.1 Å². The van der Waals surface area contributed by atoms with Crippen LogP contribution in [0, 0.1) is 0 Å². The number of para-hydroxylation sites is 1. The molecule has 1 fully saturated rings. The molecule has 5 nitrogen and oxygen atoms in total. The molecule has 2 aromatic rings. The summed E-state index contributed by atoms with van der Waals surface area (Å²) >= 11 is 0. The number of nitrogens with one attached hydrogen (secondary N) is 1. The number of rotatable bonds is 7. The van der Waals surface area contributed by atoms with Crippen molar-refractivity contribution in [3.05, 3.63) is 54.1 Å². The molecule has 2 atom stereocenters. The highest BCUT2D eigenvalue weighted by molar-refractivity contribution is 7.90. The minimum absolute atomic E-state index is 0.00143. The standard InChI is InChI=1S/C22H29NO4S/c1-4-27-22-8-6-5-7-19(22)17-9-11-18(12-10-17)20-15-26-14-13-21(20)23-28(24,25)16(2)3/h5-12,16,20-21,23H,4,13-15H2,1-3H3/t20-,21-/m1/s1. The van der Waals surface area contributed by atoms with Crippen molar-refractivity contribution in [1.29, 1.82) is 0 Å². The van der Waals surface area contributed by atoms with Crippen molar-refractivity contribution < 1.29 is 17.9 Å². The van der Waals surface area contributed by atoms with Crippen molar-refractivity contribution in [1.82, 2.24) is 4.72 Å². The molecule has 6 heteroatoms. The molecule has 0 saturated carbocycles. The number of hydrogen-bond acceptors (Lipinski definition) is 4. The van der Waals surface area contributed by atoms with Crippen molar-refractivity contribution in [3.8, 4) is 16.9 Å². The normalized spacial score (nSPS) is 20.3. The smallest absolute Gasteiger partial charge is 0.214 e. The second kappa shape index (κ2) is 9.07. The molecule has 0 aliphatic carbocycles. The highest BCUT2D eigenvalue weighted by Crippen LogP contribution is 2.33. The van der Waals surface area contributed by atoms with E-state index in [1.54, 1.807) is 13.8 Å². The van der Waals surface area contributed by atoms with E-state index in [-0.39, 0.29) is 12.0 Å². The largest absolute Gasteiger partial charge is 0.493 e. The Hall–Kier alpha value is -1.89. The third-order valence-electron chi connectivity index (χ3n) is 5.13. The van der Waals surface area contributed by atoms with Gasteiger partial charge in [0.25, 0.3) is 0 Å². The lowest BCUT2D eigenvalue weighted by molar-refractivity contribution is 0.0653. The zero-order chi connectivity index (χ0) is 20.1. The van der Waals surface area contributed by atoms with Crippen LogP contribution in [0.15, 0.2) is 48.5 Å². The Labute approximate surface area is 168 Å². The van der Waals surface area contributed by atoms with E-state index in [9.17, 15) is 8.42 Å². The fourth-order valence-corrected chi connectivity index (χ4v) is 4.43. The maximum absolute atomic E-state index is 12.3. The van der Waals surface area contributed by atoms with Gasteiger partial charge in [-0.15, -0.1) is 0 Å². The molecule has 1 aliphatic heterocycles. The highest BCUT2D eigenvalue weighted by atomic mass is 32.2. The maximum atomic E-state index is 12.3. The summed E-state index contributed by atoms with van der Waals surface area (Å²) in [6, 6.07) is 16.1. The zero-order valence-electron chi connectivity index (χ0n) is 16.7. The van der Waals surface area contributed by atoms with Crippen LogP contribution in [0.4, 0.5) is 0 Å². The zero-order valence-corrected chi connectivity index (χ0v) is 17.5. The van der Waals surface area contributed by atoms with E-state index in [2.05, 4.69) is 29.0 Å². The Balaban J connectivity index is 1.83. The summed E-state index contributed by atoms with van der Waals surface area (Å²) in [5, 5.41) is -0.451. The third-order valence-corrected chi connectivity index (χ3v) is 7.00. The van der Waals surface area contributed by atoms with Gasteiger partial charge in [0.2, 0.25) is 10.0 Å². The van der Waals surface area contributed by atoms with Gasteiger partial charge in [0.1, 0.15) is 5.75 Å². The average molecular weight is 404 g/mol. The van der Waals surface area contributed by atoms with Crippen LogP contribution in [-0.2, 0) is 14.8 Å². The number of benzene rings is 2. The van der Waals surface area contributed by atoms with Gasteiger partial charge in [-0.05, 0) is 44.4 Å². The number of ether oxygens (including phenoxy) is 2. The van der Waals surface area contributed by atoms with Crippen LogP contribution in [0.5, 0.6) is 5.75 Å². The van der Waals surface area contributed by atoms with Crippen molar-refractivity contribution in [2.24, 2.45) is 0 Å². The lowest BCUT2D eigenvalue weighted by Crippen LogP contribution is -2.46. The van der Waals surface area contributed by atoms with Gasteiger partial charge in [-0.1, -0.05) is 42.5 Å². The van der Waals surface area contributed by atoms with Crippen LogP contribution in [0.3, 0.4) is 0 Å². The summed E-state index contributed by atoms with van der Waals surface area (Å²) in [6.45, 7) is 7.07. The molecule has 1 N–H and O–H groups in total. The molecule has 1 heterocycles. The first kappa shape index (κ1) is 20.8. The van der Waals surface area contributed by atoms with Crippen LogP contribution in [0.2, 0.25) is 0 Å². The van der Waals surface area contributed by atoms with Crippen molar-refractivity contribution in [2.75, 3.05) is 19.8 Å². The van der Waals surface area contributed by atoms with Crippen LogP contribution in [0.25, 0.3) is 11.1 Å². The Morgan fingerprint density at radius 3 is 2.54 bits per heavy atom. The average Bonchev–Trinajstić information content (AvgIpc) is 2.69. The minimum atomic E-state index is -3.32. The predicted octanol–water partition coefficient (Wildman–Crippen LogP) is 3.95. The Kier molecular flexibility index (Phi) is 6.75. The van der Waals surface area contributed by atoms with Gasteiger partial charge >= 0.3 is 0 Å². The molecular formula is C22H29NO4S. The van der Waals surface area contributed by atoms with Crippen LogP contribution in [0.1, 0.15) is 38.7 Å². The molecule has 0 radical (unpaired) electrons. The monoisotopic (exact) mass is 403 g/mol. The Bertz CT molecular complexity index is 878. The molecule has 152 valence electrons. The van der Waals surface area contributed by atoms with Gasteiger partial charge in [0.05, 0.1) is 18.5 Å². The molecule has 28 heavy (non-hydrogen) atoms. The quantitative estimate of drug-likeness (QED) is 0.760. The fourth-order valence-electron chi connectivity index (χ4n) is 3.45. The lowest BCUT2D eigenvalue weighted by atomic mass is 9.88. The van der Waals surface area contributed by atoms with E-state index < -0.39 is 15.3 Å². The number of hydrogen-bond donors (Lipinski definition) is 1. The first-order valence-corrected chi connectivity index (χ1v) is 11.4. The SMILES string of the molecule is CCOc1ccccc1-c1ccc([C@H]2COCC[C@H]2NS(=O)(=O)C(C)C)cc1. The van der Waals surface area contributed by atoms with E-state index >= 15 is 0 Å². The van der Waals surface area contributed by atoms with E-state index in [0.717, 1.165) is 22.4 Å². The molecule has 1 saturated heterocycles. The van der Waals surface area contributed by atoms with Gasteiger partial charge in [-0.3, -0.25) is 0 Å². The van der Waals surface area contributed by atoms with Crippen LogP contribution < -0.4 is 9.46 Å². The maximum Gasteiger partial charge on any atom is 0.214 e. The topological polar surface area (TPSA) is 64.6 Å². The second-order valence-corrected chi connectivity index (χ2v) is 9.61. The molecule has 2 aromatic carbocycles. The van der Waals surface area contributed by atoms with Crippen molar-refractivity contribution >= 4 is 10.0 Å². The summed E-state index contributed by atoms with van der Waals surface area (Å²) in [4.78, 5) is 0. The molecule has 1 aliphatic rings. The first-order valence-electron chi connectivity index (χ1n) is 9.83. The minimum Gasteiger partial charge on any atom is -0.493 e. The third kappa shape index (κ3) is 4.74. The van der Waals surface area contributed by atoms with Gasteiger partial charge < -0.3 is 9.47 Å². The van der Waals surface area contributed by atoms with Crippen LogP contribution >= 0.6 is 0 Å². The van der Waals surface area contributed by atoms with Crippen LogP contribution in [-0.4, -0.2) is 39.5 Å². The van der Waals surface area contributed by atoms with E-state index in [1.807, 2.05) is 31.2 Å². The number of sulfonamides is 1. The van der Waals surface area contributed by atoms with E-state index in [4.69, 9.17) is 9.47 Å². The van der Waals surface area contributed by atoms with Gasteiger partial charge in [0.15, 0.2) is 0 Å². The Morgan fingerprint density at radius 2 is 1.86 bits per heavy atom. The molecule has 0 amide bonds. The predicted molar refractivity (Wildman–Crippen MR) is 112 cm³/mol. The summed E-state index contributed by atoms with van der Waals surface area (Å²) in [6.07, 6.45) is 0.672. The molecule has 0 unspecified atom stereocenters. The van der Waals surface area contributed by atoms with E-state index in [0.29, 0.717) is 26.2 Å². The molecular weight excluding hydrogens is 374 g/mol. The first-order chi connectivity index (χ1) is 13.4. The summed E-state index contributed by atoms with van der Waals surface area (Å²) < 4.78 is 39.0. The Morgan fingerprint density at radius 1 is 1.14 bits per heavy atom. The van der Waals surface area contributed by atoms with Crippen molar-refractivity contribution in [2.45, 2.75) is 44.4 Å². The second-order valence-electron chi connectivity index (χ2n) is 7.34. The summed E-state index contributed by atoms with van der Waals surface area (Å²) in [5.74, 6) is 0.861. The summed E-state index contributed by atoms with van der Waals surface area (Å²) in [7, 11) is -3.32. The molecule has 0 bridgehead atoms. The molecule has 0 aromatic heterocycles.